The second kappa shape index (κ2) is 6.19. The summed E-state index contributed by atoms with van der Waals surface area (Å²) in [7, 11) is 0. The lowest BCUT2D eigenvalue weighted by atomic mass is 9.87. The van der Waals surface area contributed by atoms with Gasteiger partial charge in [0, 0.05) is 0 Å². The second-order valence-corrected chi connectivity index (χ2v) is 5.59. The molecule has 0 saturated heterocycles. The minimum atomic E-state index is 0.245. The average molecular weight is 244 g/mol. The summed E-state index contributed by atoms with van der Waals surface area (Å²) in [5.74, 6) is 1.49. The molecule has 0 radical (unpaired) electrons. The topological polar surface area (TPSA) is 9.23 Å². The van der Waals surface area contributed by atoms with E-state index in [4.69, 9.17) is 4.74 Å². The monoisotopic (exact) mass is 244 g/mol. The number of benzene rings is 1. The summed E-state index contributed by atoms with van der Waals surface area (Å²) in [6, 6.07) is 8.74. The summed E-state index contributed by atoms with van der Waals surface area (Å²) < 4.78 is 6.00. The van der Waals surface area contributed by atoms with Crippen LogP contribution in [-0.2, 0) is 11.2 Å². The zero-order chi connectivity index (χ0) is 13.0. The first-order valence-corrected chi connectivity index (χ1v) is 7.02. The Hall–Kier alpha value is -1.08. The van der Waals surface area contributed by atoms with Crippen molar-refractivity contribution in [1.29, 1.82) is 0 Å². The van der Waals surface area contributed by atoms with Crippen LogP contribution in [0, 0.1) is 11.8 Å². The second-order valence-electron chi connectivity index (χ2n) is 5.59. The maximum absolute atomic E-state index is 6.00. The Labute approximate surface area is 111 Å². The molecule has 1 aromatic carbocycles. The van der Waals surface area contributed by atoms with Crippen molar-refractivity contribution in [1.82, 2.24) is 0 Å². The Morgan fingerprint density at radius 3 is 2.89 bits per heavy atom. The normalized spacial score (nSPS) is 23.5. The molecule has 0 aromatic heterocycles. The highest BCUT2D eigenvalue weighted by Crippen LogP contribution is 2.37. The van der Waals surface area contributed by atoms with Crippen molar-refractivity contribution in [3.63, 3.8) is 0 Å². The van der Waals surface area contributed by atoms with Gasteiger partial charge in [-0.25, -0.2) is 0 Å². The Balaban J connectivity index is 2.23. The molecule has 2 atom stereocenters. The third-order valence-electron chi connectivity index (χ3n) is 4.06. The van der Waals surface area contributed by atoms with Gasteiger partial charge in [0.25, 0.3) is 0 Å². The first-order valence-electron chi connectivity index (χ1n) is 7.02. The van der Waals surface area contributed by atoms with Crippen LogP contribution in [-0.4, -0.2) is 6.61 Å². The standard InChI is InChI=1S/C17H24O/c1-4-11-18-17-12-15(13(2)3)10-9-14-7-5-6-8-16(14)17/h4-8,13,15,17H,1,9-12H2,2-3H3/t15-,17-/m0/s1. The van der Waals surface area contributed by atoms with E-state index >= 15 is 0 Å². The smallest absolute Gasteiger partial charge is 0.0834 e. The molecule has 1 aromatic rings. The van der Waals surface area contributed by atoms with Crippen LogP contribution in [0.4, 0.5) is 0 Å². The van der Waals surface area contributed by atoms with E-state index < -0.39 is 0 Å². The van der Waals surface area contributed by atoms with Crippen molar-refractivity contribution < 1.29 is 4.74 Å². The average Bonchev–Trinajstić information content (AvgIpc) is 2.56. The Kier molecular flexibility index (Phi) is 4.60. The van der Waals surface area contributed by atoms with Gasteiger partial charge >= 0.3 is 0 Å². The summed E-state index contributed by atoms with van der Waals surface area (Å²) in [5.41, 5.74) is 2.86. The summed E-state index contributed by atoms with van der Waals surface area (Å²) >= 11 is 0. The molecule has 0 amide bonds. The molecule has 0 unspecified atom stereocenters. The van der Waals surface area contributed by atoms with Crippen LogP contribution in [0.5, 0.6) is 0 Å². The van der Waals surface area contributed by atoms with Gasteiger partial charge in [-0.05, 0) is 42.2 Å². The molecule has 2 rings (SSSR count). The van der Waals surface area contributed by atoms with Crippen LogP contribution in [0.3, 0.4) is 0 Å². The van der Waals surface area contributed by atoms with Gasteiger partial charge in [-0.3, -0.25) is 0 Å². The molecule has 18 heavy (non-hydrogen) atoms. The fourth-order valence-electron chi connectivity index (χ4n) is 2.88. The molecule has 0 bridgehead atoms. The molecule has 0 spiro atoms. The van der Waals surface area contributed by atoms with Gasteiger partial charge in [-0.2, -0.15) is 0 Å². The number of aryl methyl sites for hydroxylation is 1. The predicted octanol–water partition coefficient (Wildman–Crippen LogP) is 4.54. The zero-order valence-corrected chi connectivity index (χ0v) is 11.6. The first-order chi connectivity index (χ1) is 8.72. The van der Waals surface area contributed by atoms with E-state index in [1.165, 1.54) is 24.0 Å². The number of ether oxygens (including phenoxy) is 1. The molecule has 0 aliphatic heterocycles. The predicted molar refractivity (Wildman–Crippen MR) is 76.6 cm³/mol. The highest BCUT2D eigenvalue weighted by atomic mass is 16.5. The van der Waals surface area contributed by atoms with Crippen LogP contribution < -0.4 is 0 Å². The van der Waals surface area contributed by atoms with E-state index in [2.05, 4.69) is 44.7 Å². The van der Waals surface area contributed by atoms with Gasteiger partial charge in [0.05, 0.1) is 12.7 Å². The van der Waals surface area contributed by atoms with E-state index in [-0.39, 0.29) is 6.10 Å². The van der Waals surface area contributed by atoms with Crippen molar-refractivity contribution in [2.24, 2.45) is 11.8 Å². The Morgan fingerprint density at radius 2 is 2.17 bits per heavy atom. The molecule has 1 aliphatic rings. The Morgan fingerprint density at radius 1 is 1.39 bits per heavy atom. The number of hydrogen-bond acceptors (Lipinski definition) is 1. The molecule has 0 N–H and O–H groups in total. The summed E-state index contributed by atoms with van der Waals surface area (Å²) in [5, 5.41) is 0. The van der Waals surface area contributed by atoms with Crippen molar-refractivity contribution in [3.8, 4) is 0 Å². The van der Waals surface area contributed by atoms with Crippen molar-refractivity contribution in [2.45, 2.75) is 39.2 Å². The maximum atomic E-state index is 6.00. The van der Waals surface area contributed by atoms with Gasteiger partial charge in [0.1, 0.15) is 0 Å². The lowest BCUT2D eigenvalue weighted by molar-refractivity contribution is 0.0496. The molecule has 0 saturated carbocycles. The van der Waals surface area contributed by atoms with E-state index in [1.54, 1.807) is 0 Å². The van der Waals surface area contributed by atoms with E-state index in [0.717, 1.165) is 18.3 Å². The van der Waals surface area contributed by atoms with E-state index in [1.807, 2.05) is 6.08 Å². The van der Waals surface area contributed by atoms with Crippen LogP contribution in [0.15, 0.2) is 36.9 Å². The van der Waals surface area contributed by atoms with Gasteiger partial charge < -0.3 is 4.74 Å². The molecular formula is C17H24O. The van der Waals surface area contributed by atoms with Gasteiger partial charge in [0.15, 0.2) is 0 Å². The minimum Gasteiger partial charge on any atom is -0.369 e. The van der Waals surface area contributed by atoms with Gasteiger partial charge in [-0.15, -0.1) is 6.58 Å². The fourth-order valence-corrected chi connectivity index (χ4v) is 2.88. The molecule has 1 nitrogen and oxygen atoms in total. The maximum Gasteiger partial charge on any atom is 0.0834 e. The Bertz CT molecular complexity index is 394. The quantitative estimate of drug-likeness (QED) is 0.558. The van der Waals surface area contributed by atoms with Crippen molar-refractivity contribution in [3.05, 3.63) is 48.0 Å². The SMILES string of the molecule is C=CCO[C@H]1C[C@@H](C(C)C)CCc2ccccc21. The van der Waals surface area contributed by atoms with Gasteiger partial charge in [0.2, 0.25) is 0 Å². The fraction of sp³-hybridized carbons (Fsp3) is 0.529. The zero-order valence-electron chi connectivity index (χ0n) is 11.6. The lowest BCUT2D eigenvalue weighted by Crippen LogP contribution is -2.13. The molecule has 1 aliphatic carbocycles. The molecule has 98 valence electrons. The van der Waals surface area contributed by atoms with Crippen LogP contribution in [0.1, 0.15) is 43.9 Å². The van der Waals surface area contributed by atoms with Crippen LogP contribution >= 0.6 is 0 Å². The molecule has 0 heterocycles. The summed E-state index contributed by atoms with van der Waals surface area (Å²) in [6.07, 6.45) is 5.70. The highest BCUT2D eigenvalue weighted by Gasteiger charge is 2.26. The summed E-state index contributed by atoms with van der Waals surface area (Å²) in [4.78, 5) is 0. The number of hydrogen-bond donors (Lipinski definition) is 0. The molecule has 1 heteroatoms. The number of fused-ring (bicyclic) bond motifs is 1. The lowest BCUT2D eigenvalue weighted by Gasteiger charge is -2.23. The number of rotatable bonds is 4. The largest absolute Gasteiger partial charge is 0.369 e. The minimum absolute atomic E-state index is 0.245. The van der Waals surface area contributed by atoms with Crippen molar-refractivity contribution >= 4 is 0 Å². The van der Waals surface area contributed by atoms with Crippen molar-refractivity contribution in [2.75, 3.05) is 6.61 Å². The van der Waals surface area contributed by atoms with E-state index in [0.29, 0.717) is 6.61 Å². The summed E-state index contributed by atoms with van der Waals surface area (Å²) in [6.45, 7) is 9.05. The highest BCUT2D eigenvalue weighted by molar-refractivity contribution is 5.30. The molecule has 0 fully saturated rings. The third kappa shape index (κ3) is 3.02. The van der Waals surface area contributed by atoms with Crippen LogP contribution in [0.25, 0.3) is 0 Å². The van der Waals surface area contributed by atoms with Gasteiger partial charge in [-0.1, -0.05) is 44.2 Å². The van der Waals surface area contributed by atoms with Crippen LogP contribution in [0.2, 0.25) is 0 Å². The van der Waals surface area contributed by atoms with E-state index in [9.17, 15) is 0 Å². The third-order valence-corrected chi connectivity index (χ3v) is 4.06. The molecular weight excluding hydrogens is 220 g/mol. The first kappa shape index (κ1) is 13.4.